The molecule has 0 unspecified atom stereocenters. The normalized spacial score (nSPS) is 11.0. The van der Waals surface area contributed by atoms with Gasteiger partial charge in [0.15, 0.2) is 11.2 Å². The third kappa shape index (κ3) is 4.50. The van der Waals surface area contributed by atoms with E-state index in [0.29, 0.717) is 41.5 Å². The van der Waals surface area contributed by atoms with E-state index in [1.54, 1.807) is 23.8 Å². The molecule has 2 heterocycles. The van der Waals surface area contributed by atoms with Crippen molar-refractivity contribution < 1.29 is 9.53 Å². The summed E-state index contributed by atoms with van der Waals surface area (Å²) < 4.78 is 8.84. The first-order valence-electron chi connectivity index (χ1n) is 11.2. The number of nitrogens with one attached hydrogen (secondary N) is 2. The third-order valence-corrected chi connectivity index (χ3v) is 5.61. The number of ether oxygens (including phenoxy) is 1. The molecule has 4 aromatic rings. The van der Waals surface area contributed by atoms with Crippen molar-refractivity contribution in [2.75, 3.05) is 12.4 Å². The molecule has 0 fully saturated rings. The van der Waals surface area contributed by atoms with Crippen molar-refractivity contribution in [3.63, 3.8) is 0 Å². The zero-order valence-electron chi connectivity index (χ0n) is 19.4. The summed E-state index contributed by atoms with van der Waals surface area (Å²) in [5.74, 6) is 1.06. The van der Waals surface area contributed by atoms with Gasteiger partial charge in [-0.3, -0.25) is 19.1 Å². The molecule has 0 aliphatic heterocycles. The maximum atomic E-state index is 13.0. The lowest BCUT2D eigenvalue weighted by Crippen LogP contribution is -2.31. The molecule has 1 amide bonds. The number of H-pyrrole nitrogens is 1. The van der Waals surface area contributed by atoms with Gasteiger partial charge in [0, 0.05) is 30.3 Å². The van der Waals surface area contributed by atoms with Crippen LogP contribution in [0.4, 0.5) is 5.69 Å². The summed E-state index contributed by atoms with van der Waals surface area (Å²) in [5.41, 5.74) is 1.97. The molecular formula is C25H27N5O4. The van der Waals surface area contributed by atoms with Crippen LogP contribution in [0.2, 0.25) is 0 Å². The molecule has 2 N–H and O–H groups in total. The van der Waals surface area contributed by atoms with Gasteiger partial charge < -0.3 is 14.6 Å². The highest BCUT2D eigenvalue weighted by molar-refractivity contribution is 5.89. The fourth-order valence-corrected chi connectivity index (χ4v) is 3.98. The molecule has 4 rings (SSSR count). The van der Waals surface area contributed by atoms with Gasteiger partial charge in [-0.05, 0) is 36.8 Å². The van der Waals surface area contributed by atoms with E-state index < -0.39 is 11.2 Å². The monoisotopic (exact) mass is 461 g/mol. The molecule has 176 valence electrons. The zero-order valence-corrected chi connectivity index (χ0v) is 19.4. The minimum atomic E-state index is -0.490. The Balaban J connectivity index is 1.95. The summed E-state index contributed by atoms with van der Waals surface area (Å²) in [6, 6.07) is 14.8. The van der Waals surface area contributed by atoms with Crippen molar-refractivity contribution in [2.45, 2.75) is 39.8 Å². The van der Waals surface area contributed by atoms with Crippen molar-refractivity contribution in [2.24, 2.45) is 0 Å². The number of hydrogen-bond donors (Lipinski definition) is 2. The average Bonchev–Trinajstić information content (AvgIpc) is 3.19. The Morgan fingerprint density at radius 3 is 2.50 bits per heavy atom. The number of fused-ring (bicyclic) bond motifs is 1. The van der Waals surface area contributed by atoms with Crippen LogP contribution in [0.1, 0.15) is 32.3 Å². The number of aromatic amines is 1. The Morgan fingerprint density at radius 1 is 1.09 bits per heavy atom. The molecular weight excluding hydrogens is 434 g/mol. The van der Waals surface area contributed by atoms with Gasteiger partial charge in [-0.15, -0.1) is 0 Å². The highest BCUT2D eigenvalue weighted by atomic mass is 16.5. The molecule has 9 heteroatoms. The maximum Gasteiger partial charge on any atom is 0.330 e. The van der Waals surface area contributed by atoms with Crippen LogP contribution in [0, 0.1) is 0 Å². The lowest BCUT2D eigenvalue weighted by Gasteiger charge is -2.13. The van der Waals surface area contributed by atoms with E-state index in [1.807, 2.05) is 43.3 Å². The van der Waals surface area contributed by atoms with Gasteiger partial charge in [-0.1, -0.05) is 31.5 Å². The van der Waals surface area contributed by atoms with Gasteiger partial charge in [0.2, 0.25) is 5.91 Å². The highest BCUT2D eigenvalue weighted by Gasteiger charge is 2.20. The van der Waals surface area contributed by atoms with Gasteiger partial charge >= 0.3 is 5.69 Å². The minimum absolute atomic E-state index is 0.164. The number of aromatic nitrogens is 4. The number of aryl methyl sites for hydroxylation is 1. The second-order valence-electron chi connectivity index (χ2n) is 8.03. The predicted octanol–water partition coefficient (Wildman–Crippen LogP) is 3.37. The molecule has 0 bridgehead atoms. The van der Waals surface area contributed by atoms with E-state index in [2.05, 4.69) is 10.3 Å². The second kappa shape index (κ2) is 9.78. The third-order valence-electron chi connectivity index (χ3n) is 5.61. The molecule has 9 nitrogen and oxygen atoms in total. The lowest BCUT2D eigenvalue weighted by molar-refractivity contribution is -0.114. The van der Waals surface area contributed by atoms with Crippen molar-refractivity contribution in [1.29, 1.82) is 0 Å². The summed E-state index contributed by atoms with van der Waals surface area (Å²) in [7, 11) is 1.60. The number of methoxy groups -OCH3 is 1. The van der Waals surface area contributed by atoms with Crippen molar-refractivity contribution in [1.82, 2.24) is 19.1 Å². The van der Waals surface area contributed by atoms with E-state index in [-0.39, 0.29) is 5.91 Å². The Kier molecular flexibility index (Phi) is 6.62. The van der Waals surface area contributed by atoms with Gasteiger partial charge in [0.1, 0.15) is 11.6 Å². The van der Waals surface area contributed by atoms with Crippen LogP contribution in [0.15, 0.2) is 58.1 Å². The number of amides is 1. The molecule has 34 heavy (non-hydrogen) atoms. The first-order valence-corrected chi connectivity index (χ1v) is 11.2. The van der Waals surface area contributed by atoms with Crippen LogP contribution in [0.5, 0.6) is 5.75 Å². The number of rotatable bonds is 8. The molecule has 0 aliphatic carbocycles. The number of imidazole rings is 1. The Labute approximate surface area is 196 Å². The van der Waals surface area contributed by atoms with Gasteiger partial charge in [0.05, 0.1) is 13.7 Å². The number of benzene rings is 2. The number of anilines is 1. The molecule has 0 saturated carbocycles. The van der Waals surface area contributed by atoms with Crippen molar-refractivity contribution >= 4 is 22.8 Å². The quantitative estimate of drug-likeness (QED) is 0.418. The molecule has 2 aromatic heterocycles. The van der Waals surface area contributed by atoms with Gasteiger partial charge in [0.25, 0.3) is 5.56 Å². The van der Waals surface area contributed by atoms with E-state index in [1.165, 1.54) is 11.5 Å². The molecule has 0 atom stereocenters. The summed E-state index contributed by atoms with van der Waals surface area (Å²) >= 11 is 0. The standard InChI is InChI=1S/C25H27N5O4/c1-4-5-14-29-23-21(24(32)28-25(29)33)30(15-18-8-6-7-9-20(18)34-3)22(27-23)17-10-12-19(13-11-17)26-16(2)31/h6-13H,4-5,14-15H2,1-3H3,(H,26,31)(H,28,32,33). The fraction of sp³-hybridized carbons (Fsp3) is 0.280. The van der Waals surface area contributed by atoms with Crippen LogP contribution in [-0.4, -0.2) is 32.1 Å². The van der Waals surface area contributed by atoms with Gasteiger partial charge in [-0.25, -0.2) is 9.78 Å². The van der Waals surface area contributed by atoms with Crippen LogP contribution in [-0.2, 0) is 17.9 Å². The van der Waals surface area contributed by atoms with E-state index in [4.69, 9.17) is 9.72 Å². The second-order valence-corrected chi connectivity index (χ2v) is 8.03. The van der Waals surface area contributed by atoms with E-state index >= 15 is 0 Å². The van der Waals surface area contributed by atoms with Crippen LogP contribution < -0.4 is 21.3 Å². The SMILES string of the molecule is CCCCn1c(=O)[nH]c(=O)c2c1nc(-c1ccc(NC(C)=O)cc1)n2Cc1ccccc1OC. The summed E-state index contributed by atoms with van der Waals surface area (Å²) in [4.78, 5) is 44.2. The molecule has 0 radical (unpaired) electrons. The van der Waals surface area contributed by atoms with E-state index in [9.17, 15) is 14.4 Å². The molecule has 2 aromatic carbocycles. The Bertz CT molecular complexity index is 1450. The van der Waals surface area contributed by atoms with Crippen LogP contribution in [0.3, 0.4) is 0 Å². The average molecular weight is 462 g/mol. The molecule has 0 spiro atoms. The summed E-state index contributed by atoms with van der Waals surface area (Å²) in [5, 5.41) is 2.75. The van der Waals surface area contributed by atoms with Crippen molar-refractivity contribution in [3.8, 4) is 17.1 Å². The Hall–Kier alpha value is -4.14. The number of hydrogen-bond acceptors (Lipinski definition) is 5. The first-order chi connectivity index (χ1) is 16.4. The smallest absolute Gasteiger partial charge is 0.330 e. The number of nitrogens with zero attached hydrogens (tertiary/aromatic N) is 3. The molecule has 0 saturated heterocycles. The number of carbonyl (C=O) groups excluding carboxylic acids is 1. The number of unbranched alkanes of at least 4 members (excludes halogenated alkanes) is 1. The number of carbonyl (C=O) groups is 1. The first kappa shape index (κ1) is 23.0. The van der Waals surface area contributed by atoms with Gasteiger partial charge in [-0.2, -0.15) is 0 Å². The lowest BCUT2D eigenvalue weighted by atomic mass is 10.1. The summed E-state index contributed by atoms with van der Waals surface area (Å²) in [6.45, 7) is 4.26. The van der Waals surface area contributed by atoms with E-state index in [0.717, 1.165) is 24.0 Å². The number of para-hydroxylation sites is 1. The van der Waals surface area contributed by atoms with Crippen molar-refractivity contribution in [3.05, 3.63) is 74.9 Å². The largest absolute Gasteiger partial charge is 0.496 e. The van der Waals surface area contributed by atoms with Crippen LogP contribution in [0.25, 0.3) is 22.6 Å². The highest BCUT2D eigenvalue weighted by Crippen LogP contribution is 2.27. The minimum Gasteiger partial charge on any atom is -0.496 e. The summed E-state index contributed by atoms with van der Waals surface area (Å²) in [6.07, 6.45) is 1.67. The van der Waals surface area contributed by atoms with Crippen LogP contribution >= 0.6 is 0 Å². The maximum absolute atomic E-state index is 13.0. The Morgan fingerprint density at radius 2 is 1.82 bits per heavy atom. The zero-order chi connectivity index (χ0) is 24.2. The molecule has 0 aliphatic rings. The predicted molar refractivity (Wildman–Crippen MR) is 131 cm³/mol. The fourth-order valence-electron chi connectivity index (χ4n) is 3.98. The topological polar surface area (TPSA) is 111 Å².